The van der Waals surface area contributed by atoms with Crippen molar-refractivity contribution in [3.8, 4) is 11.1 Å². The zero-order chi connectivity index (χ0) is 21.3. The highest BCUT2D eigenvalue weighted by atomic mass is 16.5. The number of ketones is 1. The third kappa shape index (κ3) is 6.29. The van der Waals surface area contributed by atoms with E-state index in [4.69, 9.17) is 4.74 Å². The fourth-order valence-corrected chi connectivity index (χ4v) is 4.19. The summed E-state index contributed by atoms with van der Waals surface area (Å²) in [6.45, 7) is 4.17. The Kier molecular flexibility index (Phi) is 8.24. The fourth-order valence-electron chi connectivity index (χ4n) is 4.19. The first-order chi connectivity index (χ1) is 14.6. The van der Waals surface area contributed by atoms with E-state index in [9.17, 15) is 9.59 Å². The molecule has 2 aromatic carbocycles. The first-order valence-corrected chi connectivity index (χ1v) is 11.5. The summed E-state index contributed by atoms with van der Waals surface area (Å²) in [6, 6.07) is 16.3. The molecule has 3 nitrogen and oxygen atoms in total. The molecule has 1 aliphatic carbocycles. The Bertz CT molecular complexity index is 810. The molecule has 1 atom stereocenters. The van der Waals surface area contributed by atoms with Crippen LogP contribution in [0.3, 0.4) is 0 Å². The van der Waals surface area contributed by atoms with Gasteiger partial charge in [-0.15, -0.1) is 0 Å². The summed E-state index contributed by atoms with van der Waals surface area (Å²) in [5.41, 5.74) is 4.14. The second-order valence-electron chi connectivity index (χ2n) is 8.58. The molecule has 1 unspecified atom stereocenters. The van der Waals surface area contributed by atoms with Crippen molar-refractivity contribution < 1.29 is 14.3 Å². The number of carbonyl (C=O) groups is 2. The molecular formula is C27H34O3. The quantitative estimate of drug-likeness (QED) is 0.329. The molecule has 1 fully saturated rings. The zero-order valence-corrected chi connectivity index (χ0v) is 18.4. The molecule has 2 aromatic rings. The first-order valence-electron chi connectivity index (χ1n) is 11.5. The molecule has 0 saturated heterocycles. The summed E-state index contributed by atoms with van der Waals surface area (Å²) in [6.07, 6.45) is 8.98. The highest BCUT2D eigenvalue weighted by Crippen LogP contribution is 2.32. The number of esters is 1. The molecule has 3 rings (SSSR count). The molecule has 1 saturated carbocycles. The number of unbranched alkanes of at least 4 members (excludes halogenated alkanes) is 3. The third-order valence-corrected chi connectivity index (χ3v) is 6.15. The van der Waals surface area contributed by atoms with Crippen molar-refractivity contribution >= 4 is 11.8 Å². The standard InChI is InChI=1S/C27H34O3/c1-3-4-5-6-7-20(2)30-27(29)25-14-12-23(13-15-25)21-8-10-22(11-9-21)24-16-18-26(28)19-17-24/h8-15,20,24H,3-7,16-19H2,1-2H3. The lowest BCUT2D eigenvalue weighted by Crippen LogP contribution is -2.15. The SMILES string of the molecule is CCCCCCC(C)OC(=O)c1ccc(-c2ccc(C3CCC(=O)CC3)cc2)cc1. The molecule has 30 heavy (non-hydrogen) atoms. The fraction of sp³-hybridized carbons (Fsp3) is 0.481. The van der Waals surface area contributed by atoms with Crippen LogP contribution in [0.1, 0.15) is 93.5 Å². The maximum atomic E-state index is 12.4. The highest BCUT2D eigenvalue weighted by Gasteiger charge is 2.20. The maximum Gasteiger partial charge on any atom is 0.338 e. The van der Waals surface area contributed by atoms with Crippen molar-refractivity contribution in [3.63, 3.8) is 0 Å². The molecule has 3 heteroatoms. The summed E-state index contributed by atoms with van der Waals surface area (Å²) in [5.74, 6) is 0.650. The maximum absolute atomic E-state index is 12.4. The van der Waals surface area contributed by atoms with E-state index in [2.05, 4.69) is 31.2 Å². The predicted molar refractivity (Wildman–Crippen MR) is 122 cm³/mol. The highest BCUT2D eigenvalue weighted by molar-refractivity contribution is 5.90. The molecule has 1 aliphatic rings. The second kappa shape index (κ2) is 11.1. The van der Waals surface area contributed by atoms with E-state index >= 15 is 0 Å². The van der Waals surface area contributed by atoms with Gasteiger partial charge in [0, 0.05) is 12.8 Å². The van der Waals surface area contributed by atoms with Gasteiger partial charge in [0.2, 0.25) is 0 Å². The smallest absolute Gasteiger partial charge is 0.338 e. The lowest BCUT2D eigenvalue weighted by atomic mass is 9.83. The third-order valence-electron chi connectivity index (χ3n) is 6.15. The minimum atomic E-state index is -0.244. The van der Waals surface area contributed by atoms with Crippen molar-refractivity contribution in [1.82, 2.24) is 0 Å². The van der Waals surface area contributed by atoms with Gasteiger partial charge >= 0.3 is 5.97 Å². The number of rotatable bonds is 9. The number of hydrogen-bond acceptors (Lipinski definition) is 3. The average molecular weight is 407 g/mol. The van der Waals surface area contributed by atoms with Crippen LogP contribution in [0.15, 0.2) is 48.5 Å². The number of benzene rings is 2. The number of Topliss-reactive ketones (excluding diaryl/α,β-unsaturated/α-hetero) is 1. The van der Waals surface area contributed by atoms with Crippen molar-refractivity contribution in [2.45, 2.75) is 83.7 Å². The van der Waals surface area contributed by atoms with Crippen LogP contribution < -0.4 is 0 Å². The van der Waals surface area contributed by atoms with Gasteiger partial charge in [0.05, 0.1) is 11.7 Å². The number of ether oxygens (including phenoxy) is 1. The van der Waals surface area contributed by atoms with Gasteiger partial charge in [0.1, 0.15) is 5.78 Å². The molecule has 0 N–H and O–H groups in total. The largest absolute Gasteiger partial charge is 0.459 e. The molecule has 0 radical (unpaired) electrons. The Morgan fingerprint density at radius 3 is 2.13 bits per heavy atom. The van der Waals surface area contributed by atoms with E-state index in [0.717, 1.165) is 36.8 Å². The van der Waals surface area contributed by atoms with Gasteiger partial charge < -0.3 is 4.74 Å². The minimum absolute atomic E-state index is 0.0448. The normalized spacial score (nSPS) is 15.7. The van der Waals surface area contributed by atoms with Gasteiger partial charge in [-0.2, -0.15) is 0 Å². The Labute approximate surface area is 180 Å². The Hall–Kier alpha value is -2.42. The summed E-state index contributed by atoms with van der Waals surface area (Å²) >= 11 is 0. The number of hydrogen-bond donors (Lipinski definition) is 0. The zero-order valence-electron chi connectivity index (χ0n) is 18.4. The van der Waals surface area contributed by atoms with Crippen LogP contribution in [0.25, 0.3) is 11.1 Å². The van der Waals surface area contributed by atoms with E-state index in [0.29, 0.717) is 30.1 Å². The van der Waals surface area contributed by atoms with Crippen LogP contribution in [-0.2, 0) is 9.53 Å². The van der Waals surface area contributed by atoms with Gasteiger partial charge in [-0.1, -0.05) is 62.6 Å². The van der Waals surface area contributed by atoms with Gasteiger partial charge in [-0.3, -0.25) is 4.79 Å². The molecule has 160 valence electrons. The van der Waals surface area contributed by atoms with Crippen molar-refractivity contribution in [2.75, 3.05) is 0 Å². The van der Waals surface area contributed by atoms with Gasteiger partial charge in [0.15, 0.2) is 0 Å². The minimum Gasteiger partial charge on any atom is -0.459 e. The van der Waals surface area contributed by atoms with Crippen LogP contribution in [0.2, 0.25) is 0 Å². The molecule has 0 aromatic heterocycles. The lowest BCUT2D eigenvalue weighted by molar-refractivity contribution is -0.120. The average Bonchev–Trinajstić information content (AvgIpc) is 2.77. The second-order valence-corrected chi connectivity index (χ2v) is 8.58. The van der Waals surface area contributed by atoms with Crippen molar-refractivity contribution in [1.29, 1.82) is 0 Å². The van der Waals surface area contributed by atoms with Crippen molar-refractivity contribution in [2.24, 2.45) is 0 Å². The van der Waals surface area contributed by atoms with E-state index in [-0.39, 0.29) is 12.1 Å². The van der Waals surface area contributed by atoms with Crippen molar-refractivity contribution in [3.05, 3.63) is 59.7 Å². The Morgan fingerprint density at radius 1 is 0.933 bits per heavy atom. The van der Waals surface area contributed by atoms with Crippen LogP contribution in [0.4, 0.5) is 0 Å². The molecule has 0 bridgehead atoms. The van der Waals surface area contributed by atoms with Crippen LogP contribution >= 0.6 is 0 Å². The van der Waals surface area contributed by atoms with E-state index < -0.39 is 0 Å². The predicted octanol–water partition coefficient (Wildman–Crippen LogP) is 7.10. The first kappa shape index (κ1) is 22.3. The monoisotopic (exact) mass is 406 g/mol. The van der Waals surface area contributed by atoms with Crippen LogP contribution in [0.5, 0.6) is 0 Å². The summed E-state index contributed by atoms with van der Waals surface area (Å²) < 4.78 is 5.59. The van der Waals surface area contributed by atoms with Crippen LogP contribution in [-0.4, -0.2) is 17.9 Å². The summed E-state index contributed by atoms with van der Waals surface area (Å²) in [4.78, 5) is 23.8. The molecular weight excluding hydrogens is 372 g/mol. The molecule has 0 spiro atoms. The van der Waals surface area contributed by atoms with Crippen LogP contribution in [0, 0.1) is 0 Å². The summed E-state index contributed by atoms with van der Waals surface area (Å²) in [5, 5.41) is 0. The topological polar surface area (TPSA) is 43.4 Å². The Balaban J connectivity index is 1.54. The molecule has 0 heterocycles. The van der Waals surface area contributed by atoms with Gasteiger partial charge in [-0.25, -0.2) is 4.79 Å². The number of carbonyl (C=O) groups excluding carboxylic acids is 2. The summed E-state index contributed by atoms with van der Waals surface area (Å²) in [7, 11) is 0. The lowest BCUT2D eigenvalue weighted by Gasteiger charge is -2.21. The van der Waals surface area contributed by atoms with E-state index in [1.54, 1.807) is 0 Å². The van der Waals surface area contributed by atoms with Gasteiger partial charge in [-0.05, 0) is 67.3 Å². The van der Waals surface area contributed by atoms with Gasteiger partial charge in [0.25, 0.3) is 0 Å². The Morgan fingerprint density at radius 2 is 1.53 bits per heavy atom. The van der Waals surface area contributed by atoms with E-state index in [1.165, 1.54) is 24.8 Å². The van der Waals surface area contributed by atoms with E-state index in [1.807, 2.05) is 31.2 Å². The molecule has 0 amide bonds. The molecule has 0 aliphatic heterocycles.